The largest absolute Gasteiger partial charge is 0.488 e. The molecule has 0 aliphatic heterocycles. The second kappa shape index (κ2) is 4.00. The van der Waals surface area contributed by atoms with Crippen LogP contribution in [-0.2, 0) is 0 Å². The molecular formula is C10H12IOSi. The monoisotopic (exact) mass is 303 g/mol. The van der Waals surface area contributed by atoms with Gasteiger partial charge in [-0.1, -0.05) is 0 Å². The second-order valence-corrected chi connectivity index (χ2v) is 5.64. The Morgan fingerprint density at radius 3 is 2.38 bits per heavy atom. The Balaban J connectivity index is 2.90. The lowest BCUT2D eigenvalue weighted by Crippen LogP contribution is -2.26. The molecule has 0 amide bonds. The highest BCUT2D eigenvalue weighted by Crippen LogP contribution is 2.16. The quantitative estimate of drug-likeness (QED) is 0.571. The lowest BCUT2D eigenvalue weighted by atomic mass is 10.2. The van der Waals surface area contributed by atoms with Crippen LogP contribution >= 0.6 is 22.6 Å². The Hall–Kier alpha value is -0.0331. The van der Waals surface area contributed by atoms with Crippen LogP contribution in [0.4, 0.5) is 0 Å². The number of halogens is 1. The van der Waals surface area contributed by atoms with Crippen molar-refractivity contribution in [2.75, 3.05) is 0 Å². The zero-order valence-electron chi connectivity index (χ0n) is 8.02. The fourth-order valence-corrected chi connectivity index (χ4v) is 2.00. The molecule has 1 nitrogen and oxygen atoms in total. The highest BCUT2D eigenvalue weighted by molar-refractivity contribution is 14.1. The molecule has 0 aliphatic carbocycles. The maximum atomic E-state index is 5.74. The third-order valence-corrected chi connectivity index (χ3v) is 2.42. The topological polar surface area (TPSA) is 9.23 Å². The summed E-state index contributed by atoms with van der Waals surface area (Å²) in [4.78, 5) is 0. The van der Waals surface area contributed by atoms with E-state index in [9.17, 15) is 0 Å². The van der Waals surface area contributed by atoms with Crippen molar-refractivity contribution in [2.45, 2.75) is 26.4 Å². The van der Waals surface area contributed by atoms with Crippen molar-refractivity contribution in [2.24, 2.45) is 0 Å². The van der Waals surface area contributed by atoms with Crippen LogP contribution in [0.2, 0.25) is 0 Å². The molecule has 69 valence electrons. The van der Waals surface area contributed by atoms with Crippen molar-refractivity contribution < 1.29 is 4.74 Å². The van der Waals surface area contributed by atoms with Crippen LogP contribution in [0, 0.1) is 3.57 Å². The van der Waals surface area contributed by atoms with Crippen LogP contribution in [-0.4, -0.2) is 15.8 Å². The fourth-order valence-electron chi connectivity index (χ4n) is 0.921. The molecule has 0 aromatic heterocycles. The third kappa shape index (κ3) is 3.68. The van der Waals surface area contributed by atoms with Gasteiger partial charge in [0, 0.05) is 3.57 Å². The summed E-state index contributed by atoms with van der Waals surface area (Å²) in [6, 6.07) is 6.05. The smallest absolute Gasteiger partial charge is 0.118 e. The van der Waals surface area contributed by atoms with E-state index in [4.69, 9.17) is 4.74 Å². The van der Waals surface area contributed by atoms with Crippen molar-refractivity contribution in [3.63, 3.8) is 0 Å². The Morgan fingerprint density at radius 2 is 1.92 bits per heavy atom. The van der Waals surface area contributed by atoms with E-state index < -0.39 is 0 Å². The Labute approximate surface area is 96.4 Å². The van der Waals surface area contributed by atoms with Crippen LogP contribution in [0.5, 0.6) is 5.75 Å². The van der Waals surface area contributed by atoms with E-state index >= 15 is 0 Å². The molecule has 0 atom stereocenters. The van der Waals surface area contributed by atoms with Gasteiger partial charge in [0.25, 0.3) is 0 Å². The number of hydrogen-bond acceptors (Lipinski definition) is 1. The molecule has 3 heteroatoms. The van der Waals surface area contributed by atoms with E-state index in [2.05, 4.69) is 32.8 Å². The van der Waals surface area contributed by atoms with Gasteiger partial charge in [-0.2, -0.15) is 0 Å². The minimum Gasteiger partial charge on any atom is -0.488 e. The van der Waals surface area contributed by atoms with Crippen LogP contribution in [0.3, 0.4) is 0 Å². The van der Waals surface area contributed by atoms with Gasteiger partial charge in [0.15, 0.2) is 0 Å². The van der Waals surface area contributed by atoms with Crippen LogP contribution < -0.4 is 9.92 Å². The lowest BCUT2D eigenvalue weighted by Gasteiger charge is -2.22. The first-order valence-electron chi connectivity index (χ1n) is 4.09. The molecule has 0 saturated carbocycles. The van der Waals surface area contributed by atoms with Gasteiger partial charge in [0.2, 0.25) is 0 Å². The van der Waals surface area contributed by atoms with Gasteiger partial charge in [-0.25, -0.2) is 0 Å². The fraction of sp³-hybridized carbons (Fsp3) is 0.400. The molecule has 1 aromatic rings. The van der Waals surface area contributed by atoms with Crippen LogP contribution in [0.25, 0.3) is 0 Å². The van der Waals surface area contributed by atoms with Crippen LogP contribution in [0.1, 0.15) is 20.8 Å². The zero-order chi connectivity index (χ0) is 10.1. The average molecular weight is 303 g/mol. The summed E-state index contributed by atoms with van der Waals surface area (Å²) in [5, 5.41) is 1.00. The van der Waals surface area contributed by atoms with Gasteiger partial charge < -0.3 is 4.74 Å². The third-order valence-electron chi connectivity index (χ3n) is 1.36. The maximum Gasteiger partial charge on any atom is 0.118 e. The second-order valence-electron chi connectivity index (χ2n) is 3.85. The number of hydrogen-bond donors (Lipinski definition) is 0. The molecule has 1 aromatic carbocycles. The standard InChI is InChI=1S/C10H12IOSi/c1-10(2,3)12-8-5-4-7(11)6-9(8)13/h4-6H,1-3H3. The molecule has 0 N–H and O–H groups in total. The van der Waals surface area contributed by atoms with Crippen molar-refractivity contribution in [3.8, 4) is 5.75 Å². The van der Waals surface area contributed by atoms with E-state index in [1.165, 1.54) is 3.57 Å². The van der Waals surface area contributed by atoms with Gasteiger partial charge in [0.1, 0.15) is 11.4 Å². The SMILES string of the molecule is CC(C)(C)Oc1ccc(I)cc1[Si]. The summed E-state index contributed by atoms with van der Waals surface area (Å²) in [7, 11) is 3.52. The van der Waals surface area contributed by atoms with Crippen LogP contribution in [0.15, 0.2) is 18.2 Å². The molecule has 0 heterocycles. The van der Waals surface area contributed by atoms with E-state index in [-0.39, 0.29) is 5.60 Å². The first-order valence-corrected chi connectivity index (χ1v) is 5.66. The number of benzene rings is 1. The molecule has 0 saturated heterocycles. The van der Waals surface area contributed by atoms with Gasteiger partial charge >= 0.3 is 0 Å². The average Bonchev–Trinajstić information content (AvgIpc) is 1.93. The summed E-state index contributed by atoms with van der Waals surface area (Å²) in [5.74, 6) is 0.893. The Bertz CT molecular complexity index is 304. The molecule has 0 spiro atoms. The normalized spacial score (nSPS) is 11.5. The van der Waals surface area contributed by atoms with Gasteiger partial charge in [-0.3, -0.25) is 0 Å². The van der Waals surface area contributed by atoms with Gasteiger partial charge in [-0.15, -0.1) is 0 Å². The highest BCUT2D eigenvalue weighted by atomic mass is 127. The Morgan fingerprint density at radius 1 is 1.31 bits per heavy atom. The predicted molar refractivity (Wildman–Crippen MR) is 64.9 cm³/mol. The molecule has 0 aliphatic rings. The highest BCUT2D eigenvalue weighted by Gasteiger charge is 2.12. The van der Waals surface area contributed by atoms with Crippen molar-refractivity contribution in [1.82, 2.24) is 0 Å². The van der Waals surface area contributed by atoms with Crippen molar-refractivity contribution in [3.05, 3.63) is 21.8 Å². The number of rotatable bonds is 1. The summed E-state index contributed by atoms with van der Waals surface area (Å²) in [6.45, 7) is 6.11. The van der Waals surface area contributed by atoms with Crippen molar-refractivity contribution in [1.29, 1.82) is 0 Å². The minimum atomic E-state index is -0.145. The van der Waals surface area contributed by atoms with Gasteiger partial charge in [-0.05, 0) is 66.7 Å². The molecular weight excluding hydrogens is 291 g/mol. The Kier molecular flexibility index (Phi) is 3.40. The first kappa shape index (κ1) is 11.0. The first-order chi connectivity index (χ1) is 5.88. The maximum absolute atomic E-state index is 5.74. The van der Waals surface area contributed by atoms with Crippen molar-refractivity contribution >= 4 is 38.0 Å². The molecule has 0 unspecified atom stereocenters. The molecule has 0 fully saturated rings. The molecule has 1 rings (SSSR count). The molecule has 3 radical (unpaired) electrons. The van der Waals surface area contributed by atoms with E-state index in [0.717, 1.165) is 10.9 Å². The zero-order valence-corrected chi connectivity index (χ0v) is 11.2. The molecule has 13 heavy (non-hydrogen) atoms. The summed E-state index contributed by atoms with van der Waals surface area (Å²) in [5.41, 5.74) is -0.145. The van der Waals surface area contributed by atoms with Gasteiger partial charge in [0.05, 0.1) is 10.2 Å². The lowest BCUT2D eigenvalue weighted by molar-refractivity contribution is 0.132. The van der Waals surface area contributed by atoms with E-state index in [0.29, 0.717) is 0 Å². The summed E-state index contributed by atoms with van der Waals surface area (Å²) in [6.07, 6.45) is 0. The number of ether oxygens (including phenoxy) is 1. The van der Waals surface area contributed by atoms with E-state index in [1.54, 1.807) is 0 Å². The van der Waals surface area contributed by atoms with E-state index in [1.807, 2.05) is 39.0 Å². The summed E-state index contributed by atoms with van der Waals surface area (Å²) < 4.78 is 6.93. The molecule has 0 bridgehead atoms. The predicted octanol–water partition coefficient (Wildman–Crippen LogP) is 2.26. The summed E-state index contributed by atoms with van der Waals surface area (Å²) >= 11 is 2.27. The minimum absolute atomic E-state index is 0.145.